The van der Waals surface area contributed by atoms with E-state index in [4.69, 9.17) is 5.73 Å². The Morgan fingerprint density at radius 1 is 0.889 bits per heavy atom. The summed E-state index contributed by atoms with van der Waals surface area (Å²) < 4.78 is 1.27. The van der Waals surface area contributed by atoms with Crippen LogP contribution in [0.3, 0.4) is 0 Å². The summed E-state index contributed by atoms with van der Waals surface area (Å²) in [7, 11) is 0. The average Bonchev–Trinajstić information content (AvgIpc) is 3.09. The molecule has 0 fully saturated rings. The van der Waals surface area contributed by atoms with Crippen LogP contribution in [0.4, 0.5) is 11.5 Å². The van der Waals surface area contributed by atoms with E-state index in [-0.39, 0.29) is 40.6 Å². The van der Waals surface area contributed by atoms with E-state index in [2.05, 4.69) is 4.98 Å². The molecule has 0 aliphatic carbocycles. The average molecular weight is 498 g/mol. The molecule has 3 rings (SSSR count). The minimum absolute atomic E-state index is 0.0693. The van der Waals surface area contributed by atoms with Crippen molar-refractivity contribution in [2.24, 2.45) is 0 Å². The Kier molecular flexibility index (Phi) is 8.84. The molecule has 1 aliphatic rings. The lowest BCUT2D eigenvalue weighted by atomic mass is 10.0. The number of nitrogens with zero attached hydrogens (tertiary/aromatic N) is 3. The number of hydrogen-bond acceptors (Lipinski definition) is 6. The minimum atomic E-state index is -0.742. The van der Waals surface area contributed by atoms with Crippen molar-refractivity contribution in [2.75, 3.05) is 23.7 Å². The predicted octanol–water partition coefficient (Wildman–Crippen LogP) is 3.15. The van der Waals surface area contributed by atoms with Crippen LogP contribution in [0.25, 0.3) is 0 Å². The summed E-state index contributed by atoms with van der Waals surface area (Å²) in [5.74, 6) is -1.40. The molecule has 36 heavy (non-hydrogen) atoms. The van der Waals surface area contributed by atoms with Crippen LogP contribution in [0.2, 0.25) is 0 Å². The molecule has 194 valence electrons. The lowest BCUT2D eigenvalue weighted by molar-refractivity contribution is 0.0652. The highest BCUT2D eigenvalue weighted by atomic mass is 16.2. The second-order valence-corrected chi connectivity index (χ2v) is 9.04. The number of aromatic nitrogens is 2. The normalized spacial score (nSPS) is 12.8. The summed E-state index contributed by atoms with van der Waals surface area (Å²) in [6.07, 6.45) is 5.35. The highest BCUT2D eigenvalue weighted by Gasteiger charge is 2.36. The van der Waals surface area contributed by atoms with Crippen molar-refractivity contribution in [3.8, 4) is 0 Å². The zero-order valence-electron chi connectivity index (χ0n) is 21.3. The van der Waals surface area contributed by atoms with Gasteiger partial charge in [-0.2, -0.15) is 0 Å². The van der Waals surface area contributed by atoms with Gasteiger partial charge < -0.3 is 10.6 Å². The smallest absolute Gasteiger partial charge is 0.330 e. The van der Waals surface area contributed by atoms with E-state index < -0.39 is 23.1 Å². The molecule has 1 aromatic heterocycles. The fourth-order valence-corrected chi connectivity index (χ4v) is 4.31. The molecule has 0 spiro atoms. The summed E-state index contributed by atoms with van der Waals surface area (Å²) in [5.41, 5.74) is 5.43. The zero-order chi connectivity index (χ0) is 26.4. The van der Waals surface area contributed by atoms with Gasteiger partial charge in [-0.1, -0.05) is 46.5 Å². The minimum Gasteiger partial charge on any atom is -0.383 e. The van der Waals surface area contributed by atoms with Crippen molar-refractivity contribution in [1.29, 1.82) is 0 Å². The number of fused-ring (bicyclic) bond motifs is 1. The van der Waals surface area contributed by atoms with Crippen molar-refractivity contribution < 1.29 is 14.4 Å². The van der Waals surface area contributed by atoms with E-state index >= 15 is 0 Å². The highest BCUT2D eigenvalue weighted by Crippen LogP contribution is 2.27. The quantitative estimate of drug-likeness (QED) is 0.341. The summed E-state index contributed by atoms with van der Waals surface area (Å²) in [4.78, 5) is 69.3. The molecule has 3 N–H and O–H groups in total. The molecule has 1 aliphatic heterocycles. The fraction of sp³-hybridized carbons (Fsp3) is 0.500. The zero-order valence-corrected chi connectivity index (χ0v) is 21.3. The number of amides is 3. The van der Waals surface area contributed by atoms with Gasteiger partial charge in [0, 0.05) is 25.2 Å². The van der Waals surface area contributed by atoms with Crippen LogP contribution < -0.4 is 21.9 Å². The van der Waals surface area contributed by atoms with Crippen molar-refractivity contribution in [3.63, 3.8) is 0 Å². The number of rotatable bonds is 12. The Bertz CT molecular complexity index is 1260. The number of nitrogens with two attached hydrogens (primary N) is 1. The van der Waals surface area contributed by atoms with E-state index in [1.807, 2.05) is 20.8 Å². The van der Waals surface area contributed by atoms with Gasteiger partial charge in [-0.3, -0.25) is 33.6 Å². The summed E-state index contributed by atoms with van der Waals surface area (Å²) >= 11 is 0. The maximum Gasteiger partial charge on any atom is 0.330 e. The van der Waals surface area contributed by atoms with Crippen LogP contribution in [0.1, 0.15) is 96.8 Å². The maximum atomic E-state index is 13.7. The molecule has 0 atom stereocenters. The molecule has 3 amide bonds. The summed E-state index contributed by atoms with van der Waals surface area (Å²) in [5, 5.41) is 0. The molecule has 0 saturated heterocycles. The highest BCUT2D eigenvalue weighted by molar-refractivity contribution is 6.22. The molecular formula is C26H35N5O5. The predicted molar refractivity (Wildman–Crippen MR) is 139 cm³/mol. The van der Waals surface area contributed by atoms with E-state index in [0.717, 1.165) is 25.7 Å². The fourth-order valence-electron chi connectivity index (χ4n) is 4.31. The first-order valence-corrected chi connectivity index (χ1v) is 12.7. The van der Waals surface area contributed by atoms with E-state index in [9.17, 15) is 24.0 Å². The van der Waals surface area contributed by atoms with Crippen LogP contribution in [0, 0.1) is 0 Å². The number of nitrogens with one attached hydrogen (secondary N) is 1. The van der Waals surface area contributed by atoms with Crippen LogP contribution in [-0.2, 0) is 6.54 Å². The molecule has 10 heteroatoms. The monoisotopic (exact) mass is 497 g/mol. The van der Waals surface area contributed by atoms with Crippen LogP contribution in [-0.4, -0.2) is 45.3 Å². The number of anilines is 2. The first kappa shape index (κ1) is 26.9. The van der Waals surface area contributed by atoms with Gasteiger partial charge in [-0.15, -0.1) is 0 Å². The Labute approximate surface area is 210 Å². The maximum absolute atomic E-state index is 13.7. The molecule has 0 saturated carbocycles. The third-order valence-corrected chi connectivity index (χ3v) is 6.40. The molecule has 2 aromatic rings. The Balaban J connectivity index is 2.04. The standard InChI is InChI=1S/C26H35N5O5/c1-4-7-10-15-29(20-21(27)30(13-8-5-2)26(36)28-22(20)32)23(33)17-11-12-18-19(16-17)25(35)31(24(18)34)14-9-6-3/h11-12,16H,4-10,13-15,27H2,1-3H3,(H,28,32,36). The molecule has 0 unspecified atom stereocenters. The molecule has 10 nitrogen and oxygen atoms in total. The van der Waals surface area contributed by atoms with Gasteiger partial charge in [0.15, 0.2) is 5.69 Å². The topological polar surface area (TPSA) is 139 Å². The lowest BCUT2D eigenvalue weighted by Gasteiger charge is -2.25. The van der Waals surface area contributed by atoms with Crippen molar-refractivity contribution in [3.05, 3.63) is 55.7 Å². The van der Waals surface area contributed by atoms with Gasteiger partial charge in [0.05, 0.1) is 11.1 Å². The Morgan fingerprint density at radius 2 is 1.53 bits per heavy atom. The number of carbonyl (C=O) groups is 3. The van der Waals surface area contributed by atoms with Crippen molar-refractivity contribution >= 4 is 29.2 Å². The molecule has 0 radical (unpaired) electrons. The second kappa shape index (κ2) is 11.8. The Hall–Kier alpha value is -3.69. The Morgan fingerprint density at radius 3 is 2.19 bits per heavy atom. The van der Waals surface area contributed by atoms with Gasteiger partial charge in [0.2, 0.25) is 0 Å². The largest absolute Gasteiger partial charge is 0.383 e. The summed E-state index contributed by atoms with van der Waals surface area (Å²) in [6.45, 7) is 6.80. The molecule has 1 aromatic carbocycles. The van der Waals surface area contributed by atoms with E-state index in [1.54, 1.807) is 0 Å². The third-order valence-electron chi connectivity index (χ3n) is 6.40. The van der Waals surface area contributed by atoms with Gasteiger partial charge in [0.25, 0.3) is 23.3 Å². The van der Waals surface area contributed by atoms with E-state index in [1.165, 1.54) is 32.6 Å². The number of aromatic amines is 1. The molecular weight excluding hydrogens is 462 g/mol. The number of H-pyrrole nitrogens is 1. The van der Waals surface area contributed by atoms with Crippen LogP contribution >= 0.6 is 0 Å². The van der Waals surface area contributed by atoms with Crippen molar-refractivity contribution in [2.45, 2.75) is 72.3 Å². The van der Waals surface area contributed by atoms with Gasteiger partial charge >= 0.3 is 5.69 Å². The van der Waals surface area contributed by atoms with Gasteiger partial charge in [-0.05, 0) is 37.5 Å². The third kappa shape index (κ3) is 5.27. The summed E-state index contributed by atoms with van der Waals surface area (Å²) in [6, 6.07) is 4.38. The molecule has 0 bridgehead atoms. The number of imide groups is 1. The second-order valence-electron chi connectivity index (χ2n) is 9.04. The number of nitrogen functional groups attached to an aromatic ring is 1. The molecule has 2 heterocycles. The number of benzene rings is 1. The first-order chi connectivity index (χ1) is 17.3. The first-order valence-electron chi connectivity index (χ1n) is 12.7. The SMILES string of the molecule is CCCCCN(C(=O)c1ccc2c(c1)C(=O)N(CCCC)C2=O)c1c(N)n(CCCC)c(=O)[nH]c1=O. The van der Waals surface area contributed by atoms with E-state index in [0.29, 0.717) is 32.4 Å². The van der Waals surface area contributed by atoms with Gasteiger partial charge in [0.1, 0.15) is 5.82 Å². The van der Waals surface area contributed by atoms with Crippen LogP contribution in [0.15, 0.2) is 27.8 Å². The van der Waals surface area contributed by atoms with Crippen molar-refractivity contribution in [1.82, 2.24) is 14.5 Å². The number of carbonyl (C=O) groups excluding carboxylic acids is 3. The van der Waals surface area contributed by atoms with Crippen LogP contribution in [0.5, 0.6) is 0 Å². The lowest BCUT2D eigenvalue weighted by Crippen LogP contribution is -2.41. The number of hydrogen-bond donors (Lipinski definition) is 2. The van der Waals surface area contributed by atoms with Gasteiger partial charge in [-0.25, -0.2) is 4.79 Å². The number of unbranched alkanes of at least 4 members (excludes halogenated alkanes) is 4.